The predicted molar refractivity (Wildman–Crippen MR) is 76.0 cm³/mol. The molecule has 0 saturated carbocycles. The first-order valence-electron chi connectivity index (χ1n) is 5.33. The molecule has 2 rings (SSSR count). The predicted octanol–water partition coefficient (Wildman–Crippen LogP) is 1.87. The number of aromatic nitrogens is 3. The van der Waals surface area contributed by atoms with Gasteiger partial charge in [-0.2, -0.15) is 4.98 Å². The van der Waals surface area contributed by atoms with E-state index in [1.54, 1.807) is 13.1 Å². The van der Waals surface area contributed by atoms with E-state index >= 15 is 0 Å². The normalized spacial score (nSPS) is 10.9. The Bertz CT molecular complexity index is 674. The van der Waals surface area contributed by atoms with Crippen LogP contribution in [-0.4, -0.2) is 34.5 Å². The van der Waals surface area contributed by atoms with E-state index in [9.17, 15) is 4.79 Å². The van der Waals surface area contributed by atoms with E-state index in [0.717, 1.165) is 0 Å². The molecule has 19 heavy (non-hydrogen) atoms. The van der Waals surface area contributed by atoms with Gasteiger partial charge in [0.05, 0.1) is 5.56 Å². The first-order chi connectivity index (χ1) is 9.08. The molecule has 0 aromatic carbocycles. The fourth-order valence-corrected chi connectivity index (χ4v) is 2.56. The highest BCUT2D eigenvalue weighted by Gasteiger charge is 2.14. The smallest absolute Gasteiger partial charge is 0.264 e. The largest absolute Gasteiger partial charge is 0.450 e. The molecule has 0 spiro atoms. The third-order valence-electron chi connectivity index (χ3n) is 2.44. The third kappa shape index (κ3) is 2.75. The van der Waals surface area contributed by atoms with Gasteiger partial charge in [0.15, 0.2) is 12.4 Å². The molecule has 2 heterocycles. The average Bonchev–Trinajstić information content (AvgIpc) is 2.41. The van der Waals surface area contributed by atoms with E-state index in [2.05, 4.69) is 25.9 Å². The molecule has 0 bridgehead atoms. The molecule has 102 valence electrons. The van der Waals surface area contributed by atoms with Gasteiger partial charge in [-0.15, -0.1) is 11.8 Å². The molecular weight excluding hydrogens is 334 g/mol. The molecule has 6 nitrogen and oxygen atoms in total. The van der Waals surface area contributed by atoms with Crippen LogP contribution in [0.4, 0.5) is 0 Å². The topological polar surface area (TPSA) is 65.7 Å². The van der Waals surface area contributed by atoms with Gasteiger partial charge < -0.3 is 9.47 Å². The quantitative estimate of drug-likeness (QED) is 0.622. The van der Waals surface area contributed by atoms with Crippen molar-refractivity contribution in [1.82, 2.24) is 14.4 Å². The Balaban J connectivity index is 2.73. The second-order valence-electron chi connectivity index (χ2n) is 3.66. The van der Waals surface area contributed by atoms with Gasteiger partial charge in [-0.25, -0.2) is 4.98 Å². The molecule has 2 aromatic rings. The Morgan fingerprint density at radius 1 is 1.47 bits per heavy atom. The Morgan fingerprint density at radius 3 is 2.84 bits per heavy atom. The maximum absolute atomic E-state index is 12.3. The molecule has 0 amide bonds. The molecule has 0 radical (unpaired) electrons. The van der Waals surface area contributed by atoms with Gasteiger partial charge in [0, 0.05) is 13.3 Å². The van der Waals surface area contributed by atoms with Crippen molar-refractivity contribution in [1.29, 1.82) is 0 Å². The molecule has 0 aliphatic heterocycles. The van der Waals surface area contributed by atoms with Crippen LogP contribution in [-0.2, 0) is 4.74 Å². The number of fused-ring (bicyclic) bond motifs is 1. The molecule has 0 N–H and O–H groups in total. The van der Waals surface area contributed by atoms with Crippen LogP contribution in [0.2, 0.25) is 0 Å². The van der Waals surface area contributed by atoms with Gasteiger partial charge in [0.25, 0.3) is 5.56 Å². The molecule has 0 aliphatic rings. The lowest BCUT2D eigenvalue weighted by Crippen LogP contribution is -2.20. The summed E-state index contributed by atoms with van der Waals surface area (Å²) in [7, 11) is 1.51. The van der Waals surface area contributed by atoms with E-state index < -0.39 is 0 Å². The molecule has 0 fully saturated rings. The average molecular weight is 346 g/mol. The van der Waals surface area contributed by atoms with E-state index in [-0.39, 0.29) is 18.2 Å². The summed E-state index contributed by atoms with van der Waals surface area (Å²) in [5.74, 6) is 0.270. The standard InChI is InChI=1S/C11H12BrN3O3S/c1-6-9(18-5-17-2)14-8-10(19-3)13-7(12)4-15(8)11(6)16/h4H,5H2,1-3H3. The number of halogens is 1. The van der Waals surface area contributed by atoms with Crippen molar-refractivity contribution >= 4 is 33.3 Å². The van der Waals surface area contributed by atoms with Crippen molar-refractivity contribution in [2.75, 3.05) is 20.2 Å². The van der Waals surface area contributed by atoms with E-state index in [4.69, 9.17) is 9.47 Å². The number of ether oxygens (including phenoxy) is 2. The van der Waals surface area contributed by atoms with E-state index in [1.807, 2.05) is 6.26 Å². The fraction of sp³-hybridized carbons (Fsp3) is 0.364. The monoisotopic (exact) mass is 345 g/mol. The van der Waals surface area contributed by atoms with Gasteiger partial charge in [-0.1, -0.05) is 0 Å². The van der Waals surface area contributed by atoms with Gasteiger partial charge in [-0.3, -0.25) is 9.20 Å². The van der Waals surface area contributed by atoms with Crippen LogP contribution >= 0.6 is 27.7 Å². The molecule has 0 aliphatic carbocycles. The number of methoxy groups -OCH3 is 1. The molecule has 2 aromatic heterocycles. The Morgan fingerprint density at radius 2 is 2.21 bits per heavy atom. The minimum Gasteiger partial charge on any atom is -0.450 e. The van der Waals surface area contributed by atoms with Crippen molar-refractivity contribution in [3.8, 4) is 5.88 Å². The highest BCUT2D eigenvalue weighted by atomic mass is 79.9. The number of thioether (sulfide) groups is 1. The van der Waals surface area contributed by atoms with Crippen LogP contribution in [0.25, 0.3) is 5.65 Å². The number of nitrogens with zero attached hydrogens (tertiary/aromatic N) is 3. The van der Waals surface area contributed by atoms with Gasteiger partial charge >= 0.3 is 0 Å². The van der Waals surface area contributed by atoms with Crippen LogP contribution in [0.1, 0.15) is 5.56 Å². The number of hydrogen-bond donors (Lipinski definition) is 0. The summed E-state index contributed by atoms with van der Waals surface area (Å²) in [6.07, 6.45) is 3.47. The second-order valence-corrected chi connectivity index (χ2v) is 5.27. The lowest BCUT2D eigenvalue weighted by atomic mass is 10.3. The Labute approximate surface area is 122 Å². The third-order valence-corrected chi connectivity index (χ3v) is 3.48. The molecule has 0 unspecified atom stereocenters. The Hall–Kier alpha value is -1.12. The number of rotatable bonds is 4. The minimum atomic E-state index is -0.186. The summed E-state index contributed by atoms with van der Waals surface area (Å²) < 4.78 is 12.2. The SMILES string of the molecule is COCOc1nc2c(SC)nc(Br)cn2c(=O)c1C. The van der Waals surface area contributed by atoms with Crippen LogP contribution < -0.4 is 10.3 Å². The molecule has 8 heteroatoms. The lowest BCUT2D eigenvalue weighted by molar-refractivity contribution is 0.0473. The maximum Gasteiger partial charge on any atom is 0.264 e. The van der Waals surface area contributed by atoms with Gasteiger partial charge in [0.2, 0.25) is 5.88 Å². The van der Waals surface area contributed by atoms with Crippen molar-refractivity contribution in [2.45, 2.75) is 11.9 Å². The maximum atomic E-state index is 12.3. The second kappa shape index (κ2) is 5.89. The summed E-state index contributed by atoms with van der Waals surface area (Å²) in [5.41, 5.74) is 0.714. The molecule has 0 atom stereocenters. The molecular formula is C11H12BrN3O3S. The summed E-state index contributed by atoms with van der Waals surface area (Å²) >= 11 is 4.69. The van der Waals surface area contributed by atoms with Gasteiger partial charge in [-0.05, 0) is 29.1 Å². The zero-order valence-corrected chi connectivity index (χ0v) is 13.0. The zero-order chi connectivity index (χ0) is 14.0. The fourth-order valence-electron chi connectivity index (χ4n) is 1.55. The molecule has 0 saturated heterocycles. The lowest BCUT2D eigenvalue weighted by Gasteiger charge is -2.10. The highest BCUT2D eigenvalue weighted by Crippen LogP contribution is 2.22. The first kappa shape index (κ1) is 14.3. The number of hydrogen-bond acceptors (Lipinski definition) is 6. The highest BCUT2D eigenvalue weighted by molar-refractivity contribution is 9.10. The van der Waals surface area contributed by atoms with Crippen molar-refractivity contribution in [3.05, 3.63) is 26.7 Å². The van der Waals surface area contributed by atoms with Crippen molar-refractivity contribution in [3.63, 3.8) is 0 Å². The first-order valence-corrected chi connectivity index (χ1v) is 7.35. The van der Waals surface area contributed by atoms with Crippen LogP contribution in [0.3, 0.4) is 0 Å². The van der Waals surface area contributed by atoms with Crippen molar-refractivity contribution in [2.24, 2.45) is 0 Å². The van der Waals surface area contributed by atoms with Crippen molar-refractivity contribution < 1.29 is 9.47 Å². The van der Waals surface area contributed by atoms with Crippen LogP contribution in [0, 0.1) is 6.92 Å². The Kier molecular flexibility index (Phi) is 4.43. The zero-order valence-electron chi connectivity index (χ0n) is 10.6. The van der Waals surface area contributed by atoms with Crippen LogP contribution in [0.15, 0.2) is 20.6 Å². The van der Waals surface area contributed by atoms with Crippen LogP contribution in [0.5, 0.6) is 5.88 Å². The minimum absolute atomic E-state index is 0.0437. The summed E-state index contributed by atoms with van der Waals surface area (Å²) in [6.45, 7) is 1.71. The van der Waals surface area contributed by atoms with E-state index in [1.165, 1.54) is 23.3 Å². The summed E-state index contributed by atoms with van der Waals surface area (Å²) in [5, 5.41) is 0.647. The van der Waals surface area contributed by atoms with Gasteiger partial charge in [0.1, 0.15) is 9.63 Å². The summed E-state index contributed by atoms with van der Waals surface area (Å²) in [6, 6.07) is 0. The summed E-state index contributed by atoms with van der Waals surface area (Å²) in [4.78, 5) is 20.9. The van der Waals surface area contributed by atoms with E-state index in [0.29, 0.717) is 20.8 Å².